The molecule has 7 nitrogen and oxygen atoms in total. The van der Waals surface area contributed by atoms with E-state index in [1.165, 1.54) is 35.7 Å². The van der Waals surface area contributed by atoms with Gasteiger partial charge >= 0.3 is 12.3 Å². The Morgan fingerprint density at radius 2 is 1.84 bits per heavy atom. The number of fused-ring (bicyclic) bond motifs is 1. The number of carbonyl (C=O) groups is 3. The molecular weight excluding hydrogens is 529 g/mol. The third-order valence-electron chi connectivity index (χ3n) is 6.61. The van der Waals surface area contributed by atoms with Crippen molar-refractivity contribution in [2.45, 2.75) is 29.3 Å². The molecule has 0 aliphatic carbocycles. The minimum Gasteiger partial charge on any atom is -0.480 e. The quantitative estimate of drug-likeness (QED) is 0.333. The van der Waals surface area contributed by atoms with E-state index in [0.717, 1.165) is 21.9 Å². The van der Waals surface area contributed by atoms with Gasteiger partial charge in [-0.2, -0.15) is 11.8 Å². The number of carboxylic acids is 1. The largest absolute Gasteiger partial charge is 0.573 e. The fourth-order valence-corrected chi connectivity index (χ4v) is 6.43. The number of carbonyl (C=O) groups excluding carboxylic acids is 2. The Hall–Kier alpha value is -2.70. The zero-order valence-electron chi connectivity index (χ0n) is 19.7. The summed E-state index contributed by atoms with van der Waals surface area (Å²) in [4.78, 5) is 41.8. The zero-order chi connectivity index (χ0) is 26.8. The van der Waals surface area contributed by atoms with Gasteiger partial charge in [0.05, 0.1) is 11.8 Å². The van der Waals surface area contributed by atoms with Crippen LogP contribution in [0.5, 0.6) is 5.75 Å². The van der Waals surface area contributed by atoms with Crippen molar-refractivity contribution in [2.75, 3.05) is 24.3 Å². The van der Waals surface area contributed by atoms with E-state index in [1.807, 2.05) is 30.3 Å². The topological polar surface area (TPSA) is 95.9 Å². The van der Waals surface area contributed by atoms with Crippen LogP contribution in [-0.4, -0.2) is 64.0 Å². The number of rotatable bonds is 10. The Bertz CT molecular complexity index is 1170. The Kier molecular flexibility index (Phi) is 8.10. The highest BCUT2D eigenvalue weighted by Crippen LogP contribution is 2.50. The van der Waals surface area contributed by atoms with Gasteiger partial charge in [-0.05, 0) is 48.3 Å². The number of nitrogens with zero attached hydrogens (tertiary/aromatic N) is 1. The van der Waals surface area contributed by atoms with Crippen molar-refractivity contribution < 1.29 is 37.4 Å². The lowest BCUT2D eigenvalue weighted by Gasteiger charge is -2.31. The van der Waals surface area contributed by atoms with E-state index in [-0.39, 0.29) is 18.5 Å². The highest BCUT2D eigenvalue weighted by molar-refractivity contribution is 7.99. The maximum absolute atomic E-state index is 13.6. The van der Waals surface area contributed by atoms with Crippen molar-refractivity contribution in [2.24, 2.45) is 11.8 Å². The zero-order valence-corrected chi connectivity index (χ0v) is 21.4. The summed E-state index contributed by atoms with van der Waals surface area (Å²) in [6, 6.07) is 13.5. The van der Waals surface area contributed by atoms with Crippen LogP contribution in [0.3, 0.4) is 0 Å². The van der Waals surface area contributed by atoms with Gasteiger partial charge in [0.1, 0.15) is 11.3 Å². The number of halogens is 3. The molecule has 4 atom stereocenters. The summed E-state index contributed by atoms with van der Waals surface area (Å²) >= 11 is 2.86. The summed E-state index contributed by atoms with van der Waals surface area (Å²) in [5.41, 5.74) is -1.50. The molecule has 0 aromatic heterocycles. The van der Waals surface area contributed by atoms with Gasteiger partial charge in [-0.15, -0.1) is 24.9 Å². The monoisotopic (exact) mass is 554 g/mol. The summed E-state index contributed by atoms with van der Waals surface area (Å²) < 4.78 is 42.5. The van der Waals surface area contributed by atoms with Crippen molar-refractivity contribution >= 4 is 41.3 Å². The molecule has 12 heteroatoms. The van der Waals surface area contributed by atoms with Crippen LogP contribution in [0.2, 0.25) is 0 Å². The first kappa shape index (κ1) is 27.3. The fraction of sp³-hybridized carbons (Fsp3) is 0.400. The third kappa shape index (κ3) is 5.60. The number of hydrogen-bond acceptors (Lipinski definition) is 7. The van der Waals surface area contributed by atoms with E-state index in [0.29, 0.717) is 11.5 Å². The summed E-state index contributed by atoms with van der Waals surface area (Å²) in [6.45, 7) is 0.0897. The number of thioether (sulfide) groups is 2. The van der Waals surface area contributed by atoms with Crippen LogP contribution < -0.4 is 10.1 Å². The second-order valence-electron chi connectivity index (χ2n) is 8.75. The van der Waals surface area contributed by atoms with Gasteiger partial charge < -0.3 is 9.84 Å². The highest BCUT2D eigenvalue weighted by atomic mass is 32.2. The first-order valence-electron chi connectivity index (χ1n) is 11.5. The molecule has 0 radical (unpaired) electrons. The number of ether oxygens (including phenoxy) is 1. The number of nitrogens with one attached hydrogen (secondary N) is 1. The lowest BCUT2D eigenvalue weighted by atomic mass is 9.78. The van der Waals surface area contributed by atoms with E-state index in [9.17, 15) is 32.7 Å². The van der Waals surface area contributed by atoms with E-state index >= 15 is 0 Å². The van der Waals surface area contributed by atoms with Gasteiger partial charge in [0, 0.05) is 23.2 Å². The molecule has 4 rings (SSSR count). The Morgan fingerprint density at radius 1 is 1.11 bits per heavy atom. The van der Waals surface area contributed by atoms with Crippen molar-refractivity contribution in [3.05, 3.63) is 60.2 Å². The molecule has 2 heterocycles. The fourth-order valence-electron chi connectivity index (χ4n) is 5.04. The van der Waals surface area contributed by atoms with E-state index in [1.54, 1.807) is 6.26 Å². The van der Waals surface area contributed by atoms with Crippen LogP contribution >= 0.6 is 23.5 Å². The smallest absolute Gasteiger partial charge is 0.480 e. The molecule has 0 bridgehead atoms. The first-order valence-corrected chi connectivity index (χ1v) is 13.8. The molecule has 198 valence electrons. The molecule has 2 aliphatic heterocycles. The van der Waals surface area contributed by atoms with Crippen LogP contribution in [0.25, 0.3) is 0 Å². The second kappa shape index (κ2) is 11.0. The number of amides is 2. The summed E-state index contributed by atoms with van der Waals surface area (Å²) in [5, 5.41) is 13.3. The SMILES string of the molecule is CSCCC1(C(=O)O)NC(c2cccc(OC(F)(F)F)c2)C2C(=O)N(CCSc3ccccc3)C(=O)C21. The summed E-state index contributed by atoms with van der Waals surface area (Å²) in [6.07, 6.45) is -3.06. The average Bonchev–Trinajstić information content (AvgIpc) is 3.32. The number of alkyl halides is 3. The summed E-state index contributed by atoms with van der Waals surface area (Å²) in [5.74, 6) is -4.33. The maximum atomic E-state index is 13.6. The Labute approximate surface area is 220 Å². The predicted octanol–water partition coefficient (Wildman–Crippen LogP) is 4.20. The van der Waals surface area contributed by atoms with Gasteiger partial charge in [-0.3, -0.25) is 24.6 Å². The molecule has 2 fully saturated rings. The van der Waals surface area contributed by atoms with Crippen molar-refractivity contribution in [1.29, 1.82) is 0 Å². The minimum atomic E-state index is -4.92. The standard InChI is InChI=1S/C25H25F3N2O5S2/c1-36-12-10-24(23(33)34)19-18(20(29-24)15-6-5-7-16(14-15)35-25(26,27)28)21(31)30(22(19)32)11-13-37-17-8-3-2-4-9-17/h2-9,14,18-20,29H,10-13H2,1H3,(H,33,34). The second-order valence-corrected chi connectivity index (χ2v) is 10.9. The van der Waals surface area contributed by atoms with Crippen LogP contribution in [0.4, 0.5) is 13.2 Å². The molecule has 37 heavy (non-hydrogen) atoms. The molecule has 2 aliphatic rings. The van der Waals surface area contributed by atoms with Crippen LogP contribution in [0.1, 0.15) is 18.0 Å². The first-order chi connectivity index (χ1) is 17.6. The van der Waals surface area contributed by atoms with Crippen molar-refractivity contribution in [3.8, 4) is 5.75 Å². The lowest BCUT2D eigenvalue weighted by Crippen LogP contribution is -2.56. The van der Waals surface area contributed by atoms with Crippen LogP contribution in [-0.2, 0) is 14.4 Å². The number of imide groups is 1. The number of carboxylic acid groups (broad SMARTS) is 1. The van der Waals surface area contributed by atoms with Crippen molar-refractivity contribution in [3.63, 3.8) is 0 Å². The number of aliphatic carboxylic acids is 1. The molecule has 2 aromatic carbocycles. The molecule has 2 amide bonds. The predicted molar refractivity (Wildman–Crippen MR) is 133 cm³/mol. The normalized spacial score (nSPS) is 25.4. The highest BCUT2D eigenvalue weighted by Gasteiger charge is 2.68. The van der Waals surface area contributed by atoms with Gasteiger partial charge in [0.2, 0.25) is 11.8 Å². The van der Waals surface area contributed by atoms with Gasteiger partial charge in [0.25, 0.3) is 0 Å². The molecular formula is C25H25F3N2O5S2. The number of likely N-dealkylation sites (tertiary alicyclic amines) is 1. The van der Waals surface area contributed by atoms with E-state index in [2.05, 4.69) is 10.1 Å². The molecule has 2 N–H and O–H groups in total. The molecule has 4 unspecified atom stereocenters. The minimum absolute atomic E-state index is 0.0610. The van der Waals surface area contributed by atoms with Gasteiger partial charge in [0.15, 0.2) is 0 Å². The van der Waals surface area contributed by atoms with Crippen LogP contribution in [0, 0.1) is 11.8 Å². The maximum Gasteiger partial charge on any atom is 0.573 e. The number of hydrogen-bond donors (Lipinski definition) is 2. The third-order valence-corrected chi connectivity index (χ3v) is 8.21. The average molecular weight is 555 g/mol. The number of benzene rings is 2. The molecule has 2 saturated heterocycles. The van der Waals surface area contributed by atoms with Gasteiger partial charge in [-0.1, -0.05) is 30.3 Å². The van der Waals surface area contributed by atoms with Gasteiger partial charge in [-0.25, -0.2) is 0 Å². The van der Waals surface area contributed by atoms with Crippen LogP contribution in [0.15, 0.2) is 59.5 Å². The Balaban J connectivity index is 1.66. The van der Waals surface area contributed by atoms with E-state index < -0.39 is 53.3 Å². The molecule has 0 saturated carbocycles. The summed E-state index contributed by atoms with van der Waals surface area (Å²) in [7, 11) is 0. The van der Waals surface area contributed by atoms with Crippen molar-refractivity contribution in [1.82, 2.24) is 10.2 Å². The molecule has 0 spiro atoms. The Morgan fingerprint density at radius 3 is 2.49 bits per heavy atom. The lowest BCUT2D eigenvalue weighted by molar-refractivity contribution is -0.274. The molecule has 2 aromatic rings. The van der Waals surface area contributed by atoms with E-state index in [4.69, 9.17) is 0 Å².